The molecule has 3 aliphatic heterocycles. The number of carbonyl (C=O) groups excluding carboxylic acids is 2. The molecule has 2 fully saturated rings. The zero-order chi connectivity index (χ0) is 34.9. The van der Waals surface area contributed by atoms with E-state index in [4.69, 9.17) is 21.3 Å². The summed E-state index contributed by atoms with van der Waals surface area (Å²) in [7, 11) is 5.48. The van der Waals surface area contributed by atoms with Crippen molar-refractivity contribution in [3.05, 3.63) is 88.6 Å². The number of piperidine rings is 1. The minimum absolute atomic E-state index is 0.00816. The maximum Gasteiger partial charge on any atom is 0.329 e. The maximum atomic E-state index is 13.9. The van der Waals surface area contributed by atoms with Gasteiger partial charge in [0.15, 0.2) is 0 Å². The van der Waals surface area contributed by atoms with Gasteiger partial charge in [-0.15, -0.1) is 0 Å². The van der Waals surface area contributed by atoms with E-state index in [0.29, 0.717) is 51.9 Å². The molecule has 7 rings (SSSR count). The van der Waals surface area contributed by atoms with Crippen molar-refractivity contribution in [1.82, 2.24) is 24.7 Å². The Kier molecular flexibility index (Phi) is 9.63. The fourth-order valence-electron chi connectivity index (χ4n) is 7.21. The Balaban J connectivity index is 1.11. The summed E-state index contributed by atoms with van der Waals surface area (Å²) in [5.41, 5.74) is 5.80. The van der Waals surface area contributed by atoms with Crippen LogP contribution in [0.15, 0.2) is 66.9 Å². The van der Waals surface area contributed by atoms with Crippen molar-refractivity contribution in [2.75, 3.05) is 75.6 Å². The Morgan fingerprint density at radius 3 is 2.46 bits per heavy atom. The summed E-state index contributed by atoms with van der Waals surface area (Å²) in [6, 6.07) is 19.2. The second-order valence-corrected chi connectivity index (χ2v) is 13.7. The lowest BCUT2D eigenvalue weighted by atomic mass is 10.0. The Morgan fingerprint density at radius 1 is 0.960 bits per heavy atom. The molecular formula is C38H43ClN8O3. The van der Waals surface area contributed by atoms with Crippen LogP contribution in [0.4, 0.5) is 27.8 Å². The average Bonchev–Trinajstić information content (AvgIpc) is 3.22. The van der Waals surface area contributed by atoms with Crippen LogP contribution in [0.3, 0.4) is 0 Å². The SMILES string of the molecule is COc1cc(C(=O)N2CCC(N3CCN(C)CC3)CC2)ccc1Nc1ncc2c(n1)-c1ccccc1N(Cc1c(C)cccc1Cl)C(=O)N2C. The van der Waals surface area contributed by atoms with Crippen molar-refractivity contribution in [1.29, 1.82) is 0 Å². The van der Waals surface area contributed by atoms with Gasteiger partial charge in [0.25, 0.3) is 5.91 Å². The first kappa shape index (κ1) is 33.8. The van der Waals surface area contributed by atoms with Crippen molar-refractivity contribution >= 4 is 46.5 Å². The largest absolute Gasteiger partial charge is 0.495 e. The smallest absolute Gasteiger partial charge is 0.329 e. The predicted octanol–water partition coefficient (Wildman–Crippen LogP) is 6.29. The number of anilines is 4. The third kappa shape index (κ3) is 6.60. The summed E-state index contributed by atoms with van der Waals surface area (Å²) in [6.07, 6.45) is 3.63. The summed E-state index contributed by atoms with van der Waals surface area (Å²) in [6.45, 7) is 8.17. The lowest BCUT2D eigenvalue weighted by Gasteiger charge is -2.42. The Bertz CT molecular complexity index is 1880. The highest BCUT2D eigenvalue weighted by atomic mass is 35.5. The number of rotatable bonds is 7. The third-order valence-corrected chi connectivity index (χ3v) is 10.6. The minimum Gasteiger partial charge on any atom is -0.495 e. The summed E-state index contributed by atoms with van der Waals surface area (Å²) >= 11 is 6.60. The van der Waals surface area contributed by atoms with Gasteiger partial charge in [0.05, 0.1) is 36.9 Å². The number of methoxy groups -OCH3 is 1. The van der Waals surface area contributed by atoms with Crippen molar-refractivity contribution < 1.29 is 14.3 Å². The first-order valence-corrected chi connectivity index (χ1v) is 17.5. The van der Waals surface area contributed by atoms with Gasteiger partial charge in [0.1, 0.15) is 11.4 Å². The normalized spacial score (nSPS) is 17.3. The number of ether oxygens (including phenoxy) is 1. The number of carbonyl (C=O) groups is 2. The third-order valence-electron chi connectivity index (χ3n) is 10.3. The fourth-order valence-corrected chi connectivity index (χ4v) is 7.49. The molecule has 50 heavy (non-hydrogen) atoms. The molecule has 0 atom stereocenters. The first-order valence-electron chi connectivity index (χ1n) is 17.1. The van der Waals surface area contributed by atoms with Crippen LogP contribution in [0.1, 0.15) is 34.3 Å². The molecule has 4 aromatic rings. The van der Waals surface area contributed by atoms with E-state index in [1.807, 2.05) is 66.4 Å². The lowest BCUT2D eigenvalue weighted by molar-refractivity contribution is 0.0518. The van der Waals surface area contributed by atoms with Crippen LogP contribution in [0.25, 0.3) is 11.3 Å². The van der Waals surface area contributed by atoms with Crippen molar-refractivity contribution in [2.24, 2.45) is 0 Å². The molecular weight excluding hydrogens is 652 g/mol. The number of nitrogens with one attached hydrogen (secondary N) is 1. The van der Waals surface area contributed by atoms with E-state index in [9.17, 15) is 9.59 Å². The number of nitrogens with zero attached hydrogens (tertiary/aromatic N) is 7. The molecule has 2 saturated heterocycles. The number of halogens is 1. The predicted molar refractivity (Wildman–Crippen MR) is 198 cm³/mol. The topological polar surface area (TPSA) is 97.4 Å². The zero-order valence-electron chi connectivity index (χ0n) is 29.0. The van der Waals surface area contributed by atoms with Gasteiger partial charge in [-0.1, -0.05) is 41.9 Å². The molecule has 0 spiro atoms. The summed E-state index contributed by atoms with van der Waals surface area (Å²) in [4.78, 5) is 47.2. The first-order chi connectivity index (χ1) is 24.2. The number of para-hydroxylation sites is 1. The number of aromatic nitrogens is 2. The zero-order valence-corrected chi connectivity index (χ0v) is 29.8. The number of fused-ring (bicyclic) bond motifs is 3. The molecule has 0 radical (unpaired) electrons. The van der Waals surface area contributed by atoms with Crippen LogP contribution in [0, 0.1) is 6.92 Å². The van der Waals surface area contributed by atoms with E-state index < -0.39 is 0 Å². The fraction of sp³-hybridized carbons (Fsp3) is 0.368. The number of amides is 3. The quantitative estimate of drug-likeness (QED) is 0.241. The number of likely N-dealkylation sites (tertiary alicyclic amines) is 1. The highest BCUT2D eigenvalue weighted by molar-refractivity contribution is 6.31. The van der Waals surface area contributed by atoms with Gasteiger partial charge in [-0.25, -0.2) is 14.8 Å². The van der Waals surface area contributed by atoms with Crippen LogP contribution >= 0.6 is 11.6 Å². The van der Waals surface area contributed by atoms with Gasteiger partial charge in [-0.2, -0.15) is 0 Å². The van der Waals surface area contributed by atoms with E-state index in [-0.39, 0.29) is 11.9 Å². The summed E-state index contributed by atoms with van der Waals surface area (Å²) in [5.74, 6) is 0.850. The number of hydrogen-bond donors (Lipinski definition) is 1. The average molecular weight is 695 g/mol. The number of likely N-dealkylation sites (N-methyl/N-ethyl adjacent to an activating group) is 1. The highest BCUT2D eigenvalue weighted by Crippen LogP contribution is 2.41. The summed E-state index contributed by atoms with van der Waals surface area (Å²) in [5, 5.41) is 3.90. The molecule has 0 unspecified atom stereocenters. The van der Waals surface area contributed by atoms with Gasteiger partial charge in [-0.3, -0.25) is 19.5 Å². The van der Waals surface area contributed by atoms with Crippen LogP contribution in [0.2, 0.25) is 5.02 Å². The standard InChI is InChI=1S/C38H43ClN8O3/c1-25-8-7-10-30(39)29(25)24-47-32-11-6-5-9-28(32)35-33(44(3)38(47)49)23-40-37(42-35)41-31-13-12-26(22-34(31)50-4)36(48)46-16-14-27(15-17-46)45-20-18-43(2)19-21-45/h5-13,22-23,27H,14-21,24H2,1-4H3,(H,40,41,42). The molecule has 1 N–H and O–H groups in total. The molecule has 4 heterocycles. The van der Waals surface area contributed by atoms with Crippen molar-refractivity contribution in [2.45, 2.75) is 32.4 Å². The van der Waals surface area contributed by atoms with Crippen LogP contribution in [-0.2, 0) is 6.54 Å². The maximum absolute atomic E-state index is 13.9. The Morgan fingerprint density at radius 2 is 1.72 bits per heavy atom. The number of hydrogen-bond acceptors (Lipinski definition) is 8. The molecule has 3 aliphatic rings. The number of aryl methyl sites for hydroxylation is 1. The number of piperazine rings is 1. The van der Waals surface area contributed by atoms with E-state index in [1.165, 1.54) is 0 Å². The van der Waals surface area contributed by atoms with Crippen molar-refractivity contribution in [3.8, 4) is 17.0 Å². The molecule has 0 bridgehead atoms. The Hall–Kier alpha value is -4.71. The van der Waals surface area contributed by atoms with Crippen LogP contribution in [-0.4, -0.2) is 103 Å². The minimum atomic E-state index is -0.217. The molecule has 11 nitrogen and oxygen atoms in total. The van der Waals surface area contributed by atoms with E-state index >= 15 is 0 Å². The van der Waals surface area contributed by atoms with Gasteiger partial charge >= 0.3 is 6.03 Å². The molecule has 260 valence electrons. The van der Waals surface area contributed by atoms with E-state index in [1.54, 1.807) is 36.2 Å². The molecule has 3 aromatic carbocycles. The molecule has 0 aliphatic carbocycles. The summed E-state index contributed by atoms with van der Waals surface area (Å²) < 4.78 is 5.74. The monoisotopic (exact) mass is 694 g/mol. The van der Waals surface area contributed by atoms with Gasteiger partial charge in [0, 0.05) is 68.5 Å². The second kappa shape index (κ2) is 14.3. The van der Waals surface area contributed by atoms with Gasteiger partial charge < -0.3 is 19.9 Å². The number of benzene rings is 3. The van der Waals surface area contributed by atoms with Crippen LogP contribution in [0.5, 0.6) is 5.75 Å². The van der Waals surface area contributed by atoms with Crippen molar-refractivity contribution in [3.63, 3.8) is 0 Å². The van der Waals surface area contributed by atoms with E-state index in [2.05, 4.69) is 27.1 Å². The van der Waals surface area contributed by atoms with Crippen LogP contribution < -0.4 is 19.9 Å². The highest BCUT2D eigenvalue weighted by Gasteiger charge is 2.32. The lowest BCUT2D eigenvalue weighted by Crippen LogP contribution is -2.52. The Labute approximate surface area is 298 Å². The molecule has 0 saturated carbocycles. The molecule has 1 aromatic heterocycles. The van der Waals surface area contributed by atoms with Gasteiger partial charge in [-0.05, 0) is 68.3 Å². The number of urea groups is 1. The molecule has 3 amide bonds. The second-order valence-electron chi connectivity index (χ2n) is 13.3. The molecule has 12 heteroatoms. The van der Waals surface area contributed by atoms with E-state index in [0.717, 1.165) is 74.5 Å². The van der Waals surface area contributed by atoms with Gasteiger partial charge in [0.2, 0.25) is 5.95 Å².